The Bertz CT molecular complexity index is 1060. The number of nitrogens with one attached hydrogen (secondary N) is 3. The molecule has 0 unspecified atom stereocenters. The van der Waals surface area contributed by atoms with Gasteiger partial charge in [0.2, 0.25) is 17.8 Å². The number of benzene rings is 2. The molecule has 0 aliphatic carbocycles. The van der Waals surface area contributed by atoms with E-state index in [1.807, 2.05) is 0 Å². The van der Waals surface area contributed by atoms with E-state index in [1.165, 1.54) is 24.3 Å². The van der Waals surface area contributed by atoms with Crippen molar-refractivity contribution in [1.29, 1.82) is 0 Å². The van der Waals surface area contributed by atoms with Crippen LogP contribution in [-0.2, 0) is 4.79 Å². The van der Waals surface area contributed by atoms with Crippen molar-refractivity contribution in [1.82, 2.24) is 15.0 Å². The van der Waals surface area contributed by atoms with E-state index in [2.05, 4.69) is 30.9 Å². The number of carboxylic acids is 3. The van der Waals surface area contributed by atoms with Crippen LogP contribution in [0.2, 0.25) is 0 Å². The zero-order valence-corrected chi connectivity index (χ0v) is 16.4. The summed E-state index contributed by atoms with van der Waals surface area (Å²) in [7, 11) is 0. The molecule has 0 spiro atoms. The largest absolute Gasteiger partial charge is 0.481 e. The number of nitrogens with zero attached hydrogens (tertiary/aromatic N) is 3. The van der Waals surface area contributed by atoms with Crippen LogP contribution in [0.25, 0.3) is 0 Å². The fourth-order valence-electron chi connectivity index (χ4n) is 2.50. The molecule has 6 N–H and O–H groups in total. The van der Waals surface area contributed by atoms with Crippen LogP contribution < -0.4 is 16.0 Å². The van der Waals surface area contributed by atoms with E-state index in [4.69, 9.17) is 15.3 Å². The molecule has 12 heteroatoms. The van der Waals surface area contributed by atoms with E-state index in [0.29, 0.717) is 11.4 Å². The first-order chi connectivity index (χ1) is 15.3. The molecule has 0 aliphatic rings. The van der Waals surface area contributed by atoms with Gasteiger partial charge in [-0.3, -0.25) is 4.79 Å². The Balaban J connectivity index is 1.83. The second kappa shape index (κ2) is 9.84. The third-order valence-electron chi connectivity index (χ3n) is 4.03. The van der Waals surface area contributed by atoms with Crippen LogP contribution in [0.4, 0.5) is 29.2 Å². The minimum Gasteiger partial charge on any atom is -0.481 e. The summed E-state index contributed by atoms with van der Waals surface area (Å²) in [4.78, 5) is 45.4. The van der Waals surface area contributed by atoms with E-state index in [1.54, 1.807) is 24.3 Å². The first kappa shape index (κ1) is 22.0. The van der Waals surface area contributed by atoms with Gasteiger partial charge in [-0.2, -0.15) is 15.0 Å². The lowest BCUT2D eigenvalue weighted by atomic mass is 10.2. The molecule has 164 valence electrons. The SMILES string of the molecule is O=C(O)CCNc1nc(Nc2ccc(C(=O)O)cc2)nc(Nc2ccc(C(=O)O)cc2)n1. The Morgan fingerprint density at radius 3 is 1.44 bits per heavy atom. The van der Waals surface area contributed by atoms with Gasteiger partial charge < -0.3 is 31.3 Å². The van der Waals surface area contributed by atoms with Crippen molar-refractivity contribution < 1.29 is 29.7 Å². The van der Waals surface area contributed by atoms with Crippen LogP contribution >= 0.6 is 0 Å². The molecule has 12 nitrogen and oxygen atoms in total. The lowest BCUT2D eigenvalue weighted by Crippen LogP contribution is -2.12. The number of rotatable bonds is 10. The number of aromatic nitrogens is 3. The number of carboxylic acid groups (broad SMARTS) is 3. The minimum absolute atomic E-state index is 0.0822. The molecule has 3 rings (SSSR count). The van der Waals surface area contributed by atoms with Crippen molar-refractivity contribution in [3.05, 3.63) is 59.7 Å². The Morgan fingerprint density at radius 1 is 0.656 bits per heavy atom. The summed E-state index contributed by atoms with van der Waals surface area (Å²) in [6, 6.07) is 11.8. The third-order valence-corrected chi connectivity index (χ3v) is 4.03. The maximum Gasteiger partial charge on any atom is 0.335 e. The summed E-state index contributed by atoms with van der Waals surface area (Å²) >= 11 is 0. The van der Waals surface area contributed by atoms with Gasteiger partial charge in [0.05, 0.1) is 17.5 Å². The maximum atomic E-state index is 11.0. The van der Waals surface area contributed by atoms with Crippen LogP contribution in [0.1, 0.15) is 27.1 Å². The highest BCUT2D eigenvalue weighted by atomic mass is 16.4. The van der Waals surface area contributed by atoms with Crippen molar-refractivity contribution in [2.75, 3.05) is 22.5 Å². The van der Waals surface area contributed by atoms with Crippen molar-refractivity contribution in [2.45, 2.75) is 6.42 Å². The van der Waals surface area contributed by atoms with Crippen LogP contribution in [0.15, 0.2) is 48.5 Å². The van der Waals surface area contributed by atoms with Gasteiger partial charge in [-0.25, -0.2) is 9.59 Å². The zero-order chi connectivity index (χ0) is 23.1. The number of hydrogen-bond donors (Lipinski definition) is 6. The summed E-state index contributed by atoms with van der Waals surface area (Å²) < 4.78 is 0. The molecule has 0 bridgehead atoms. The second-order valence-electron chi connectivity index (χ2n) is 6.39. The molecule has 1 heterocycles. The monoisotopic (exact) mass is 438 g/mol. The smallest absolute Gasteiger partial charge is 0.335 e. The third kappa shape index (κ3) is 6.13. The minimum atomic E-state index is -1.05. The standard InChI is InChI=1S/C20H18N6O6/c27-15(28)9-10-21-18-24-19(22-13-5-1-11(2-6-13)16(29)30)26-20(25-18)23-14-7-3-12(4-8-14)17(31)32/h1-8H,9-10H2,(H,27,28)(H,29,30)(H,31,32)(H3,21,22,23,24,25,26). The van der Waals surface area contributed by atoms with E-state index in [0.717, 1.165) is 0 Å². The molecular weight excluding hydrogens is 420 g/mol. The van der Waals surface area contributed by atoms with Crippen molar-refractivity contribution in [3.63, 3.8) is 0 Å². The van der Waals surface area contributed by atoms with Gasteiger partial charge >= 0.3 is 17.9 Å². The summed E-state index contributed by atoms with van der Waals surface area (Å²) in [5.74, 6) is -2.75. The predicted octanol–water partition coefficient (Wildman–Crippen LogP) is 2.64. The average Bonchev–Trinajstić information content (AvgIpc) is 2.74. The van der Waals surface area contributed by atoms with Gasteiger partial charge in [-0.15, -0.1) is 0 Å². The topological polar surface area (TPSA) is 187 Å². The molecule has 0 saturated heterocycles. The quantitative estimate of drug-likeness (QED) is 0.272. The van der Waals surface area contributed by atoms with Crippen molar-refractivity contribution in [2.24, 2.45) is 0 Å². The van der Waals surface area contributed by atoms with Crippen molar-refractivity contribution in [3.8, 4) is 0 Å². The molecule has 0 saturated carbocycles. The molecule has 0 fully saturated rings. The molecular formula is C20H18N6O6. The molecule has 0 amide bonds. The number of anilines is 5. The van der Waals surface area contributed by atoms with Gasteiger partial charge in [0, 0.05) is 17.9 Å². The fraction of sp³-hybridized carbons (Fsp3) is 0.100. The molecule has 1 aromatic heterocycles. The Morgan fingerprint density at radius 2 is 1.06 bits per heavy atom. The molecule has 3 aromatic rings. The Labute approximate surface area is 181 Å². The van der Waals surface area contributed by atoms with Gasteiger partial charge in [0.25, 0.3) is 0 Å². The van der Waals surface area contributed by atoms with Gasteiger partial charge in [-0.05, 0) is 48.5 Å². The van der Waals surface area contributed by atoms with Gasteiger partial charge in [0.15, 0.2) is 0 Å². The lowest BCUT2D eigenvalue weighted by Gasteiger charge is -2.11. The second-order valence-corrected chi connectivity index (χ2v) is 6.39. The van der Waals surface area contributed by atoms with Crippen molar-refractivity contribution >= 4 is 47.1 Å². The average molecular weight is 438 g/mol. The highest BCUT2D eigenvalue weighted by molar-refractivity contribution is 5.88. The first-order valence-electron chi connectivity index (χ1n) is 9.22. The highest BCUT2D eigenvalue weighted by Gasteiger charge is 2.10. The summed E-state index contributed by atoms with van der Waals surface area (Å²) in [5.41, 5.74) is 1.28. The van der Waals surface area contributed by atoms with E-state index < -0.39 is 17.9 Å². The summed E-state index contributed by atoms with van der Waals surface area (Å²) in [5, 5.41) is 35.5. The fourth-order valence-corrected chi connectivity index (χ4v) is 2.50. The van der Waals surface area contributed by atoms with Gasteiger partial charge in [0.1, 0.15) is 0 Å². The number of aromatic carboxylic acids is 2. The number of carbonyl (C=O) groups is 3. The van der Waals surface area contributed by atoms with E-state index in [-0.39, 0.29) is 41.9 Å². The molecule has 32 heavy (non-hydrogen) atoms. The number of hydrogen-bond acceptors (Lipinski definition) is 9. The van der Waals surface area contributed by atoms with Crippen LogP contribution in [-0.4, -0.2) is 54.7 Å². The maximum absolute atomic E-state index is 11.0. The Hall–Kier alpha value is -4.74. The van der Waals surface area contributed by atoms with Crippen LogP contribution in [0.3, 0.4) is 0 Å². The molecule has 0 atom stereocenters. The van der Waals surface area contributed by atoms with Crippen LogP contribution in [0.5, 0.6) is 0 Å². The Kier molecular flexibility index (Phi) is 6.75. The number of aliphatic carboxylic acids is 1. The molecule has 0 radical (unpaired) electrons. The molecule has 0 aliphatic heterocycles. The zero-order valence-electron chi connectivity index (χ0n) is 16.4. The van der Waals surface area contributed by atoms with Crippen LogP contribution in [0, 0.1) is 0 Å². The lowest BCUT2D eigenvalue weighted by molar-refractivity contribution is -0.136. The van der Waals surface area contributed by atoms with E-state index in [9.17, 15) is 14.4 Å². The van der Waals surface area contributed by atoms with E-state index >= 15 is 0 Å². The normalized spacial score (nSPS) is 10.2. The summed E-state index contributed by atoms with van der Waals surface area (Å²) in [6.45, 7) is 0.0822. The predicted molar refractivity (Wildman–Crippen MR) is 114 cm³/mol. The summed E-state index contributed by atoms with van der Waals surface area (Å²) in [6.07, 6.45) is -0.148. The highest BCUT2D eigenvalue weighted by Crippen LogP contribution is 2.19. The molecule has 2 aromatic carbocycles. The van der Waals surface area contributed by atoms with Gasteiger partial charge in [-0.1, -0.05) is 0 Å². The first-order valence-corrected chi connectivity index (χ1v) is 9.22.